The number of aromatic hydroxyl groups is 1. The van der Waals surface area contributed by atoms with Crippen molar-refractivity contribution in [3.8, 4) is 30.4 Å². The van der Waals surface area contributed by atoms with E-state index in [2.05, 4.69) is 37.8 Å². The van der Waals surface area contributed by atoms with Crippen LogP contribution < -0.4 is 0 Å². The lowest BCUT2D eigenvalue weighted by atomic mass is 9.50. The Balaban J connectivity index is 0.000000142. The molecule has 0 radical (unpaired) electrons. The number of hydrogen-bond acceptors (Lipinski definition) is 4. The average molecular weight is 597 g/mol. The number of benzene rings is 1. The van der Waals surface area contributed by atoms with Crippen LogP contribution in [0.3, 0.4) is 0 Å². The quantitative estimate of drug-likeness (QED) is 0.194. The first kappa shape index (κ1) is 30.4. The molecule has 0 bridgehead atoms. The zero-order valence-electron chi connectivity index (χ0n) is 26.8. The number of fused-ring (bicyclic) bond motifs is 10. The second-order valence-corrected chi connectivity index (χ2v) is 16.3. The lowest BCUT2D eigenvalue weighted by molar-refractivity contribution is -0.0865. The maximum Gasteiger partial charge on any atom is 0.130 e. The molecule has 4 heteroatoms. The van der Waals surface area contributed by atoms with Gasteiger partial charge in [0.1, 0.15) is 17.0 Å². The molecule has 4 nitrogen and oxygen atoms in total. The summed E-state index contributed by atoms with van der Waals surface area (Å²) in [5.74, 6) is 10.3. The monoisotopic (exact) mass is 596 g/mol. The fourth-order valence-electron chi connectivity index (χ4n) is 12.4. The predicted octanol–water partition coefficient (Wildman–Crippen LogP) is 6.90. The van der Waals surface area contributed by atoms with Crippen molar-refractivity contribution in [3.63, 3.8) is 0 Å². The number of aryl methyl sites for hydroxylation is 1. The van der Waals surface area contributed by atoms with Crippen LogP contribution in [0.2, 0.25) is 0 Å². The van der Waals surface area contributed by atoms with Gasteiger partial charge < -0.3 is 20.4 Å². The van der Waals surface area contributed by atoms with Crippen LogP contribution in [-0.4, -0.2) is 37.7 Å². The van der Waals surface area contributed by atoms with Crippen LogP contribution >= 0.6 is 0 Å². The molecule has 0 unspecified atom stereocenters. The summed E-state index contributed by atoms with van der Waals surface area (Å²) in [4.78, 5) is 0. The summed E-state index contributed by atoms with van der Waals surface area (Å²) in [7, 11) is 0. The highest BCUT2D eigenvalue weighted by Crippen LogP contribution is 2.66. The largest absolute Gasteiger partial charge is 0.508 e. The second-order valence-electron chi connectivity index (χ2n) is 16.3. The van der Waals surface area contributed by atoms with Gasteiger partial charge in [0, 0.05) is 10.8 Å². The number of aliphatic hydroxyl groups excluding tert-OH is 1. The molecule has 0 aliphatic heterocycles. The Bertz CT molecular complexity index is 1420. The van der Waals surface area contributed by atoms with E-state index in [4.69, 9.17) is 12.8 Å². The zero-order valence-corrected chi connectivity index (χ0v) is 26.8. The number of terminal acetylenes is 2. The molecule has 44 heavy (non-hydrogen) atoms. The first-order valence-electron chi connectivity index (χ1n) is 17.6. The lowest BCUT2D eigenvalue weighted by Crippen LogP contribution is -2.52. The molecule has 4 N–H and O–H groups in total. The Hall–Kier alpha value is -2.24. The fourth-order valence-corrected chi connectivity index (χ4v) is 12.4. The number of allylic oxidation sites excluding steroid dienone is 1. The number of hydrogen-bond donors (Lipinski definition) is 4. The smallest absolute Gasteiger partial charge is 0.130 e. The van der Waals surface area contributed by atoms with Crippen molar-refractivity contribution in [2.75, 3.05) is 0 Å². The van der Waals surface area contributed by atoms with Crippen LogP contribution in [0.1, 0.15) is 114 Å². The molecule has 0 aromatic heterocycles. The minimum Gasteiger partial charge on any atom is -0.508 e. The third-order valence-corrected chi connectivity index (χ3v) is 14.9. The maximum absolute atomic E-state index is 10.9. The molecular weight excluding hydrogens is 544 g/mol. The molecule has 5 fully saturated rings. The van der Waals surface area contributed by atoms with Gasteiger partial charge >= 0.3 is 0 Å². The molecule has 236 valence electrons. The van der Waals surface area contributed by atoms with E-state index in [-0.39, 0.29) is 16.9 Å². The minimum absolute atomic E-state index is 0.0850. The normalized spacial score (nSPS) is 48.3. The van der Waals surface area contributed by atoms with Gasteiger partial charge in [-0.3, -0.25) is 0 Å². The Kier molecular flexibility index (Phi) is 7.37. The summed E-state index contributed by atoms with van der Waals surface area (Å²) in [5.41, 5.74) is 2.24. The number of rotatable bonds is 0. The van der Waals surface area contributed by atoms with E-state index in [0.29, 0.717) is 35.3 Å². The summed E-state index contributed by atoms with van der Waals surface area (Å²) < 4.78 is 0. The van der Waals surface area contributed by atoms with Crippen LogP contribution in [-0.2, 0) is 6.42 Å². The Morgan fingerprint density at radius 1 is 0.705 bits per heavy atom. The Morgan fingerprint density at radius 3 is 2.02 bits per heavy atom. The molecule has 7 aliphatic rings. The topological polar surface area (TPSA) is 80.9 Å². The van der Waals surface area contributed by atoms with Gasteiger partial charge in [0.25, 0.3) is 0 Å². The molecule has 0 spiro atoms. The molecule has 0 amide bonds. The number of aliphatic hydroxyl groups is 3. The molecule has 8 rings (SSSR count). The van der Waals surface area contributed by atoms with Gasteiger partial charge in [-0.1, -0.05) is 43.4 Å². The fraction of sp³-hybridized carbons (Fsp3) is 0.700. The Labute approximate surface area is 264 Å². The van der Waals surface area contributed by atoms with Crippen molar-refractivity contribution in [1.82, 2.24) is 0 Å². The molecule has 1 aromatic carbocycles. The summed E-state index contributed by atoms with van der Waals surface area (Å²) in [6.07, 6.45) is 28.0. The number of phenolic OH excluding ortho intramolecular Hbond substituents is 1. The highest BCUT2D eigenvalue weighted by Gasteiger charge is 2.62. The summed E-state index contributed by atoms with van der Waals surface area (Å²) >= 11 is 0. The number of phenols is 1. The first-order valence-corrected chi connectivity index (χ1v) is 17.6. The van der Waals surface area contributed by atoms with Crippen molar-refractivity contribution >= 4 is 0 Å². The van der Waals surface area contributed by atoms with Gasteiger partial charge in [0.15, 0.2) is 0 Å². The summed E-state index contributed by atoms with van der Waals surface area (Å²) in [6, 6.07) is 5.87. The molecule has 1 aromatic rings. The standard InChI is InChI=1S/C20H28O2.C20H24O2/c2*1-3-20(22)11-9-18-17-6-4-13-12-14(21)5-7-15(13)16(17)8-10-19(18,20)2/h1,12,14-18,21-22H,4-11H2,2H3;1,5,7,12,16-18,21-22H,4,6,8-11H2,2H3/t14-,15-,16+,17+,18-,19-,20-;16-,17-,18+,19+,20+/m01/s1. The van der Waals surface area contributed by atoms with E-state index >= 15 is 0 Å². The van der Waals surface area contributed by atoms with Gasteiger partial charge in [-0.25, -0.2) is 0 Å². The predicted molar refractivity (Wildman–Crippen MR) is 173 cm³/mol. The van der Waals surface area contributed by atoms with Crippen molar-refractivity contribution in [2.24, 2.45) is 46.3 Å². The summed E-state index contributed by atoms with van der Waals surface area (Å²) in [6.45, 7) is 4.46. The second kappa shape index (κ2) is 10.7. The van der Waals surface area contributed by atoms with E-state index in [9.17, 15) is 20.4 Å². The highest BCUT2D eigenvalue weighted by molar-refractivity contribution is 5.40. The van der Waals surface area contributed by atoms with Crippen LogP contribution in [0.25, 0.3) is 0 Å². The molecule has 7 aliphatic carbocycles. The average Bonchev–Trinajstić information content (AvgIpc) is 3.46. The van der Waals surface area contributed by atoms with Crippen LogP contribution in [0, 0.1) is 71.0 Å². The van der Waals surface area contributed by atoms with Crippen LogP contribution in [0.5, 0.6) is 5.75 Å². The lowest BCUT2D eigenvalue weighted by Gasteiger charge is -2.55. The van der Waals surface area contributed by atoms with Crippen molar-refractivity contribution < 1.29 is 20.4 Å². The van der Waals surface area contributed by atoms with Crippen molar-refractivity contribution in [2.45, 2.75) is 127 Å². The highest BCUT2D eigenvalue weighted by atomic mass is 16.3. The van der Waals surface area contributed by atoms with E-state index in [1.54, 1.807) is 0 Å². The SMILES string of the molecule is C#C[C@]1(O)CC[C@H]2[C@@H]3CCC4=C[C@@H](O)CC[C@@H]4[C@H]3CC[C@@]21C.C#C[C@]1(O)CC[C@H]2[C@@H]3CCc4cc(O)ccc4[C@H]3CC[C@@]21C. The van der Waals surface area contributed by atoms with Gasteiger partial charge in [0.2, 0.25) is 0 Å². The third kappa shape index (κ3) is 4.31. The molecule has 0 saturated heterocycles. The van der Waals surface area contributed by atoms with E-state index in [0.717, 1.165) is 88.9 Å². The molecule has 5 saturated carbocycles. The van der Waals surface area contributed by atoms with E-state index in [1.807, 2.05) is 12.1 Å². The van der Waals surface area contributed by atoms with Gasteiger partial charge in [0.05, 0.1) is 6.10 Å². The maximum atomic E-state index is 10.9. The van der Waals surface area contributed by atoms with E-state index < -0.39 is 11.2 Å². The van der Waals surface area contributed by atoms with E-state index in [1.165, 1.54) is 29.5 Å². The zero-order chi connectivity index (χ0) is 31.1. The molecule has 0 heterocycles. The van der Waals surface area contributed by atoms with Crippen LogP contribution in [0.4, 0.5) is 0 Å². The van der Waals surface area contributed by atoms with Gasteiger partial charge in [-0.05, 0) is 155 Å². The van der Waals surface area contributed by atoms with Crippen molar-refractivity contribution in [3.05, 3.63) is 41.0 Å². The Morgan fingerprint density at radius 2 is 1.34 bits per heavy atom. The van der Waals surface area contributed by atoms with Gasteiger partial charge in [-0.2, -0.15) is 0 Å². The van der Waals surface area contributed by atoms with Crippen molar-refractivity contribution in [1.29, 1.82) is 0 Å². The minimum atomic E-state index is -0.919. The summed E-state index contributed by atoms with van der Waals surface area (Å²) in [5, 5.41) is 41.5. The van der Waals surface area contributed by atoms with Gasteiger partial charge in [-0.15, -0.1) is 12.8 Å². The first-order chi connectivity index (χ1) is 21.0. The van der Waals surface area contributed by atoms with Crippen LogP contribution in [0.15, 0.2) is 29.8 Å². The molecule has 12 atom stereocenters. The third-order valence-electron chi connectivity index (χ3n) is 14.9. The molecular formula is C40H52O4.